The molecular formula is C22H28ClNO2. The van der Waals surface area contributed by atoms with Gasteiger partial charge in [-0.05, 0) is 50.3 Å². The van der Waals surface area contributed by atoms with Gasteiger partial charge in [-0.15, -0.1) is 12.4 Å². The lowest BCUT2D eigenvalue weighted by Crippen LogP contribution is -2.57. The lowest BCUT2D eigenvalue weighted by molar-refractivity contribution is -0.107. The van der Waals surface area contributed by atoms with Crippen molar-refractivity contribution in [1.82, 2.24) is 5.32 Å². The van der Waals surface area contributed by atoms with Crippen LogP contribution in [-0.4, -0.2) is 23.4 Å². The number of ether oxygens (including phenoxy) is 1. The number of para-hydroxylation sites is 1. The summed E-state index contributed by atoms with van der Waals surface area (Å²) >= 11 is 0. The third kappa shape index (κ3) is 3.75. The average Bonchev–Trinajstić information content (AvgIpc) is 2.66. The van der Waals surface area contributed by atoms with E-state index in [0.717, 1.165) is 50.0 Å². The second-order valence-electron chi connectivity index (χ2n) is 7.38. The summed E-state index contributed by atoms with van der Waals surface area (Å²) in [5.74, 6) is 0.937. The maximum absolute atomic E-state index is 11.2. The Morgan fingerprint density at radius 3 is 2.42 bits per heavy atom. The molecular weight excluding hydrogens is 346 g/mol. The van der Waals surface area contributed by atoms with Crippen LogP contribution in [0.1, 0.15) is 49.3 Å². The monoisotopic (exact) mass is 373 g/mol. The third-order valence-electron chi connectivity index (χ3n) is 5.74. The molecule has 1 aliphatic carbocycles. The van der Waals surface area contributed by atoms with E-state index in [2.05, 4.69) is 35.6 Å². The molecule has 2 N–H and O–H groups in total. The second kappa shape index (κ2) is 8.43. The first kappa shape index (κ1) is 19.2. The van der Waals surface area contributed by atoms with E-state index in [1.54, 1.807) is 0 Å². The van der Waals surface area contributed by atoms with E-state index < -0.39 is 11.7 Å². The quantitative estimate of drug-likeness (QED) is 0.832. The number of fused-ring (bicyclic) bond motifs is 1. The van der Waals surface area contributed by atoms with Gasteiger partial charge in [0.1, 0.15) is 17.5 Å². The number of hydrogen-bond acceptors (Lipinski definition) is 3. The highest BCUT2D eigenvalue weighted by Gasteiger charge is 2.49. The molecule has 0 amide bonds. The molecule has 0 radical (unpaired) electrons. The van der Waals surface area contributed by atoms with Gasteiger partial charge in [0.2, 0.25) is 0 Å². The summed E-state index contributed by atoms with van der Waals surface area (Å²) in [6, 6.07) is 18.6. The van der Waals surface area contributed by atoms with E-state index in [1.807, 2.05) is 24.3 Å². The predicted octanol–water partition coefficient (Wildman–Crippen LogP) is 4.44. The van der Waals surface area contributed by atoms with Crippen molar-refractivity contribution >= 4 is 12.4 Å². The first-order valence-electron chi connectivity index (χ1n) is 9.52. The SMILES string of the molecule is Cl.OC1C(NCCc2ccccc2)c2ccccc2OC12CCCCC2. The molecule has 2 aliphatic rings. The lowest BCUT2D eigenvalue weighted by atomic mass is 9.75. The van der Waals surface area contributed by atoms with E-state index in [1.165, 1.54) is 12.0 Å². The van der Waals surface area contributed by atoms with Crippen molar-refractivity contribution in [3.63, 3.8) is 0 Å². The molecule has 1 heterocycles. The topological polar surface area (TPSA) is 41.5 Å². The van der Waals surface area contributed by atoms with Crippen molar-refractivity contribution in [1.29, 1.82) is 0 Å². The van der Waals surface area contributed by atoms with E-state index >= 15 is 0 Å². The van der Waals surface area contributed by atoms with Crippen molar-refractivity contribution in [3.8, 4) is 5.75 Å². The molecule has 140 valence electrons. The van der Waals surface area contributed by atoms with Crippen molar-refractivity contribution in [2.45, 2.75) is 56.3 Å². The molecule has 0 bridgehead atoms. The molecule has 1 spiro atoms. The van der Waals surface area contributed by atoms with Crippen molar-refractivity contribution < 1.29 is 9.84 Å². The Bertz CT molecular complexity index is 700. The molecule has 0 saturated heterocycles. The van der Waals surface area contributed by atoms with Crippen LogP contribution in [0.25, 0.3) is 0 Å². The van der Waals surface area contributed by atoms with Gasteiger partial charge < -0.3 is 15.2 Å². The van der Waals surface area contributed by atoms with Crippen LogP contribution in [0.3, 0.4) is 0 Å². The fraction of sp³-hybridized carbons (Fsp3) is 0.455. The van der Waals surface area contributed by atoms with Crippen LogP contribution in [0.4, 0.5) is 0 Å². The van der Waals surface area contributed by atoms with Crippen molar-refractivity contribution in [2.24, 2.45) is 0 Å². The van der Waals surface area contributed by atoms with E-state index in [9.17, 15) is 5.11 Å². The van der Waals surface area contributed by atoms with E-state index in [0.29, 0.717) is 0 Å². The summed E-state index contributed by atoms with van der Waals surface area (Å²) < 4.78 is 6.38. The third-order valence-corrected chi connectivity index (χ3v) is 5.74. The summed E-state index contributed by atoms with van der Waals surface area (Å²) in [6.45, 7) is 0.843. The Hall–Kier alpha value is -1.55. The Balaban J connectivity index is 0.00000196. The average molecular weight is 374 g/mol. The molecule has 4 rings (SSSR count). The summed E-state index contributed by atoms with van der Waals surface area (Å²) in [5, 5.41) is 14.8. The maximum Gasteiger partial charge on any atom is 0.137 e. The fourth-order valence-corrected chi connectivity index (χ4v) is 4.37. The number of nitrogens with one attached hydrogen (secondary N) is 1. The molecule has 2 atom stereocenters. The van der Waals surface area contributed by atoms with Gasteiger partial charge in [-0.3, -0.25) is 0 Å². The number of hydrogen-bond donors (Lipinski definition) is 2. The van der Waals surface area contributed by atoms with E-state index in [-0.39, 0.29) is 18.4 Å². The molecule has 2 aromatic carbocycles. The van der Waals surface area contributed by atoms with Gasteiger partial charge in [0.15, 0.2) is 0 Å². The number of halogens is 1. The smallest absolute Gasteiger partial charge is 0.137 e. The number of aliphatic hydroxyl groups is 1. The van der Waals surface area contributed by atoms with Crippen LogP contribution in [0.15, 0.2) is 54.6 Å². The lowest BCUT2D eigenvalue weighted by Gasteiger charge is -2.48. The predicted molar refractivity (Wildman–Crippen MR) is 107 cm³/mol. The Morgan fingerprint density at radius 2 is 1.65 bits per heavy atom. The van der Waals surface area contributed by atoms with Gasteiger partial charge in [-0.1, -0.05) is 55.0 Å². The Labute approximate surface area is 162 Å². The molecule has 0 aromatic heterocycles. The van der Waals surface area contributed by atoms with Crippen molar-refractivity contribution in [3.05, 3.63) is 65.7 Å². The molecule has 1 aliphatic heterocycles. The number of aliphatic hydroxyl groups excluding tert-OH is 1. The van der Waals surface area contributed by atoms with Crippen LogP contribution in [0.2, 0.25) is 0 Å². The minimum absolute atomic E-state index is 0. The Kier molecular flexibility index (Phi) is 6.23. The highest BCUT2D eigenvalue weighted by molar-refractivity contribution is 5.85. The highest BCUT2D eigenvalue weighted by Crippen LogP contribution is 2.46. The molecule has 26 heavy (non-hydrogen) atoms. The maximum atomic E-state index is 11.2. The van der Waals surface area contributed by atoms with Gasteiger partial charge in [-0.2, -0.15) is 0 Å². The minimum atomic E-state index is -0.501. The Morgan fingerprint density at radius 1 is 0.962 bits per heavy atom. The molecule has 2 unspecified atom stereocenters. The zero-order chi connectivity index (χ0) is 17.1. The van der Waals surface area contributed by atoms with Gasteiger partial charge in [0.05, 0.1) is 6.04 Å². The summed E-state index contributed by atoms with van der Waals surface area (Å²) in [4.78, 5) is 0. The number of benzene rings is 2. The first-order chi connectivity index (χ1) is 12.3. The summed E-state index contributed by atoms with van der Waals surface area (Å²) in [7, 11) is 0. The van der Waals surface area contributed by atoms with Gasteiger partial charge in [0, 0.05) is 5.56 Å². The molecule has 2 aromatic rings. The van der Waals surface area contributed by atoms with Crippen LogP contribution >= 0.6 is 12.4 Å². The van der Waals surface area contributed by atoms with Gasteiger partial charge in [-0.25, -0.2) is 0 Å². The number of rotatable bonds is 4. The van der Waals surface area contributed by atoms with Gasteiger partial charge in [0.25, 0.3) is 0 Å². The fourth-order valence-electron chi connectivity index (χ4n) is 4.37. The van der Waals surface area contributed by atoms with Gasteiger partial charge >= 0.3 is 0 Å². The van der Waals surface area contributed by atoms with Crippen LogP contribution in [0.5, 0.6) is 5.75 Å². The normalized spacial score (nSPS) is 23.6. The van der Waals surface area contributed by atoms with Crippen molar-refractivity contribution in [2.75, 3.05) is 6.54 Å². The molecule has 1 fully saturated rings. The van der Waals surface area contributed by atoms with Crippen LogP contribution in [0, 0.1) is 0 Å². The molecule has 3 nitrogen and oxygen atoms in total. The zero-order valence-electron chi connectivity index (χ0n) is 15.1. The first-order valence-corrected chi connectivity index (χ1v) is 9.52. The second-order valence-corrected chi connectivity index (χ2v) is 7.38. The van der Waals surface area contributed by atoms with Crippen LogP contribution in [-0.2, 0) is 6.42 Å². The minimum Gasteiger partial charge on any atom is -0.484 e. The summed E-state index contributed by atoms with van der Waals surface area (Å²) in [6.07, 6.45) is 5.86. The standard InChI is InChI=1S/C22H27NO2.ClH/c24-21-20(23-16-13-17-9-3-1-4-10-17)18-11-5-6-12-19(18)25-22(21)14-7-2-8-15-22;/h1,3-6,9-12,20-21,23-24H,2,7-8,13-16H2;1H. The zero-order valence-corrected chi connectivity index (χ0v) is 15.9. The van der Waals surface area contributed by atoms with E-state index in [4.69, 9.17) is 4.74 Å². The highest BCUT2D eigenvalue weighted by atomic mass is 35.5. The molecule has 4 heteroatoms. The summed E-state index contributed by atoms with van der Waals surface area (Å²) in [5.41, 5.74) is 1.98. The largest absolute Gasteiger partial charge is 0.484 e. The molecule has 1 saturated carbocycles. The van der Waals surface area contributed by atoms with Crippen LogP contribution < -0.4 is 10.1 Å².